The fourth-order valence-electron chi connectivity index (χ4n) is 2.60. The Labute approximate surface area is 165 Å². The molecule has 2 aromatic rings. The monoisotopic (exact) mass is 381 g/mol. The number of nitrogens with one attached hydrogen (secondary N) is 3. The molecule has 0 aromatic heterocycles. The van der Waals surface area contributed by atoms with Gasteiger partial charge in [-0.25, -0.2) is 0 Å². The second-order valence-electron chi connectivity index (χ2n) is 6.53. The molecule has 2 aromatic carbocycles. The summed E-state index contributed by atoms with van der Waals surface area (Å²) in [5.74, 6) is -0.224. The molecule has 0 aliphatic heterocycles. The van der Waals surface area contributed by atoms with E-state index in [1.54, 1.807) is 0 Å². The van der Waals surface area contributed by atoms with Crippen LogP contribution in [-0.2, 0) is 27.3 Å². The second kappa shape index (κ2) is 11.5. The summed E-state index contributed by atoms with van der Waals surface area (Å²) >= 11 is 0. The molecule has 0 aliphatic rings. The highest BCUT2D eigenvalue weighted by Gasteiger charge is 2.06. The van der Waals surface area contributed by atoms with Gasteiger partial charge in [-0.3, -0.25) is 14.4 Å². The molecule has 3 amide bonds. The first kappa shape index (κ1) is 21.2. The number of benzene rings is 2. The molecule has 3 N–H and O–H groups in total. The molecule has 0 heterocycles. The van der Waals surface area contributed by atoms with Crippen LogP contribution in [0.1, 0.15) is 37.3 Å². The van der Waals surface area contributed by atoms with E-state index in [9.17, 15) is 14.4 Å². The maximum absolute atomic E-state index is 11.9. The Kier molecular flexibility index (Phi) is 8.72. The Morgan fingerprint density at radius 2 is 1.46 bits per heavy atom. The number of amides is 3. The third-order valence-electron chi connectivity index (χ3n) is 4.09. The van der Waals surface area contributed by atoms with Gasteiger partial charge in [-0.2, -0.15) is 0 Å². The molecular formula is C22H27N3O3. The molecule has 6 nitrogen and oxygen atoms in total. The number of hydrogen-bond donors (Lipinski definition) is 3. The minimum absolute atomic E-state index is 0.00198. The largest absolute Gasteiger partial charge is 0.355 e. The van der Waals surface area contributed by atoms with Crippen LogP contribution in [-0.4, -0.2) is 24.3 Å². The third-order valence-corrected chi connectivity index (χ3v) is 4.09. The lowest BCUT2D eigenvalue weighted by Crippen LogP contribution is -2.31. The van der Waals surface area contributed by atoms with Gasteiger partial charge in [0.05, 0.1) is 6.42 Å². The van der Waals surface area contributed by atoms with Crippen LogP contribution in [0, 0.1) is 0 Å². The SMILES string of the molecule is CCCC(=O)Nc1ccc(CNC(=O)CCNC(=O)Cc2ccccc2)cc1. The van der Waals surface area contributed by atoms with Gasteiger partial charge in [0.15, 0.2) is 0 Å². The maximum atomic E-state index is 11.9. The van der Waals surface area contributed by atoms with Crippen molar-refractivity contribution in [1.82, 2.24) is 10.6 Å². The van der Waals surface area contributed by atoms with Crippen molar-refractivity contribution in [2.45, 2.75) is 39.2 Å². The molecule has 2 rings (SSSR count). The lowest BCUT2D eigenvalue weighted by Gasteiger charge is -2.08. The summed E-state index contributed by atoms with van der Waals surface area (Å²) < 4.78 is 0. The number of hydrogen-bond acceptors (Lipinski definition) is 3. The summed E-state index contributed by atoms with van der Waals surface area (Å²) in [5, 5.41) is 8.41. The van der Waals surface area contributed by atoms with Crippen LogP contribution in [0.4, 0.5) is 5.69 Å². The lowest BCUT2D eigenvalue weighted by atomic mass is 10.1. The van der Waals surface area contributed by atoms with Crippen molar-refractivity contribution in [2.75, 3.05) is 11.9 Å². The highest BCUT2D eigenvalue weighted by Crippen LogP contribution is 2.10. The summed E-state index contributed by atoms with van der Waals surface area (Å²) in [7, 11) is 0. The Bertz CT molecular complexity index is 773. The summed E-state index contributed by atoms with van der Waals surface area (Å²) in [4.78, 5) is 35.3. The van der Waals surface area contributed by atoms with Crippen molar-refractivity contribution in [3.05, 3.63) is 65.7 Å². The minimum atomic E-state index is -0.125. The van der Waals surface area contributed by atoms with Crippen molar-refractivity contribution in [2.24, 2.45) is 0 Å². The molecule has 0 unspecified atom stereocenters. The first-order valence-corrected chi connectivity index (χ1v) is 9.53. The van der Waals surface area contributed by atoms with E-state index < -0.39 is 0 Å². The summed E-state index contributed by atoms with van der Waals surface area (Å²) in [6.45, 7) is 2.67. The summed E-state index contributed by atoms with van der Waals surface area (Å²) in [5.41, 5.74) is 2.63. The molecule has 148 valence electrons. The van der Waals surface area contributed by atoms with Gasteiger partial charge in [0.2, 0.25) is 17.7 Å². The Morgan fingerprint density at radius 1 is 0.750 bits per heavy atom. The molecule has 0 atom stereocenters. The third kappa shape index (κ3) is 8.03. The second-order valence-corrected chi connectivity index (χ2v) is 6.53. The Balaban J connectivity index is 1.64. The number of anilines is 1. The molecule has 6 heteroatoms. The molecular weight excluding hydrogens is 354 g/mol. The normalized spacial score (nSPS) is 10.2. The summed E-state index contributed by atoms with van der Waals surface area (Å²) in [6.07, 6.45) is 1.84. The zero-order valence-electron chi connectivity index (χ0n) is 16.2. The van der Waals surface area contributed by atoms with E-state index in [1.165, 1.54) is 0 Å². The Morgan fingerprint density at radius 3 is 2.14 bits per heavy atom. The van der Waals surface area contributed by atoms with Crippen LogP contribution in [0.25, 0.3) is 0 Å². The maximum Gasteiger partial charge on any atom is 0.224 e. The van der Waals surface area contributed by atoms with Gasteiger partial charge in [0.25, 0.3) is 0 Å². The van der Waals surface area contributed by atoms with Crippen LogP contribution in [0.5, 0.6) is 0 Å². The van der Waals surface area contributed by atoms with E-state index in [4.69, 9.17) is 0 Å². The lowest BCUT2D eigenvalue weighted by molar-refractivity contribution is -0.122. The van der Waals surface area contributed by atoms with Crippen LogP contribution >= 0.6 is 0 Å². The van der Waals surface area contributed by atoms with E-state index >= 15 is 0 Å². The van der Waals surface area contributed by atoms with Crippen molar-refractivity contribution in [1.29, 1.82) is 0 Å². The molecule has 0 saturated carbocycles. The average Bonchev–Trinajstić information content (AvgIpc) is 2.68. The first-order valence-electron chi connectivity index (χ1n) is 9.53. The van der Waals surface area contributed by atoms with Crippen molar-refractivity contribution in [3.63, 3.8) is 0 Å². The Hall–Kier alpha value is -3.15. The van der Waals surface area contributed by atoms with E-state index in [2.05, 4.69) is 16.0 Å². The number of rotatable bonds is 10. The molecule has 0 bridgehead atoms. The average molecular weight is 381 g/mol. The van der Waals surface area contributed by atoms with Gasteiger partial charge in [-0.15, -0.1) is 0 Å². The van der Waals surface area contributed by atoms with E-state index in [0.29, 0.717) is 25.9 Å². The fraction of sp³-hybridized carbons (Fsp3) is 0.318. The van der Waals surface area contributed by atoms with Crippen LogP contribution in [0.2, 0.25) is 0 Å². The van der Waals surface area contributed by atoms with Gasteiger partial charge in [0, 0.05) is 31.6 Å². The highest BCUT2D eigenvalue weighted by molar-refractivity contribution is 5.90. The minimum Gasteiger partial charge on any atom is -0.355 e. The number of carbonyl (C=O) groups is 3. The topological polar surface area (TPSA) is 87.3 Å². The van der Waals surface area contributed by atoms with Crippen molar-refractivity contribution >= 4 is 23.4 Å². The van der Waals surface area contributed by atoms with Gasteiger partial charge in [-0.05, 0) is 29.7 Å². The predicted molar refractivity (Wildman–Crippen MR) is 110 cm³/mol. The van der Waals surface area contributed by atoms with Gasteiger partial charge in [0.1, 0.15) is 0 Å². The van der Waals surface area contributed by atoms with E-state index in [0.717, 1.165) is 23.2 Å². The number of carbonyl (C=O) groups excluding carboxylic acids is 3. The molecule has 0 radical (unpaired) electrons. The van der Waals surface area contributed by atoms with Crippen LogP contribution in [0.15, 0.2) is 54.6 Å². The zero-order chi connectivity index (χ0) is 20.2. The van der Waals surface area contributed by atoms with Gasteiger partial charge in [-0.1, -0.05) is 49.4 Å². The summed E-state index contributed by atoms with van der Waals surface area (Å²) in [6, 6.07) is 16.8. The fourth-order valence-corrected chi connectivity index (χ4v) is 2.60. The zero-order valence-corrected chi connectivity index (χ0v) is 16.2. The molecule has 0 fully saturated rings. The predicted octanol–water partition coefficient (Wildman–Crippen LogP) is 2.79. The molecule has 0 spiro atoms. The van der Waals surface area contributed by atoms with E-state index in [-0.39, 0.29) is 24.1 Å². The first-order chi connectivity index (χ1) is 13.6. The smallest absolute Gasteiger partial charge is 0.224 e. The van der Waals surface area contributed by atoms with Gasteiger partial charge < -0.3 is 16.0 Å². The molecule has 0 saturated heterocycles. The van der Waals surface area contributed by atoms with Crippen molar-refractivity contribution in [3.8, 4) is 0 Å². The van der Waals surface area contributed by atoms with Crippen LogP contribution in [0.3, 0.4) is 0 Å². The highest BCUT2D eigenvalue weighted by atomic mass is 16.2. The quantitative estimate of drug-likeness (QED) is 0.591. The van der Waals surface area contributed by atoms with E-state index in [1.807, 2.05) is 61.5 Å². The van der Waals surface area contributed by atoms with Crippen molar-refractivity contribution < 1.29 is 14.4 Å². The van der Waals surface area contributed by atoms with Crippen LogP contribution < -0.4 is 16.0 Å². The van der Waals surface area contributed by atoms with Gasteiger partial charge >= 0.3 is 0 Å². The molecule has 28 heavy (non-hydrogen) atoms. The standard InChI is InChI=1S/C22H27N3O3/c1-2-6-21(27)25-19-11-9-18(10-12-19)16-24-20(26)13-14-23-22(28)15-17-7-4-3-5-8-17/h3-5,7-12H,2,6,13-16H2,1H3,(H,23,28)(H,24,26)(H,25,27). The molecule has 0 aliphatic carbocycles.